The Hall–Kier alpha value is -3.22. The zero-order valence-corrected chi connectivity index (χ0v) is 18.4. The van der Waals surface area contributed by atoms with Crippen molar-refractivity contribution in [2.45, 2.75) is 52.1 Å². The van der Waals surface area contributed by atoms with Crippen LogP contribution in [-0.2, 0) is 6.61 Å². The van der Waals surface area contributed by atoms with E-state index in [0.717, 1.165) is 31.4 Å². The molecule has 1 saturated carbocycles. The topological polar surface area (TPSA) is 88.2 Å². The number of H-pyrrole nitrogens is 1. The molecule has 2 fully saturated rings. The third-order valence-corrected chi connectivity index (χ3v) is 7.25. The third-order valence-electron chi connectivity index (χ3n) is 7.25. The smallest absolute Gasteiger partial charge is 0.316 e. The summed E-state index contributed by atoms with van der Waals surface area (Å²) in [6.07, 6.45) is 10.5. The second-order valence-corrected chi connectivity index (χ2v) is 9.15. The lowest BCUT2D eigenvalue weighted by Gasteiger charge is -2.39. The molecule has 1 aromatic carbocycles. The molecule has 0 unspecified atom stereocenters. The van der Waals surface area contributed by atoms with Gasteiger partial charge in [-0.3, -0.25) is 9.59 Å². The predicted molar refractivity (Wildman–Crippen MR) is 122 cm³/mol. The number of rotatable bonds is 4. The molecule has 1 aliphatic carbocycles. The van der Waals surface area contributed by atoms with Crippen molar-refractivity contribution in [1.29, 1.82) is 0 Å². The maximum atomic E-state index is 12.9. The molecule has 166 valence electrons. The zero-order valence-electron chi connectivity index (χ0n) is 18.4. The number of fused-ring (bicyclic) bond motifs is 1. The molecule has 1 N–H and O–H groups in total. The van der Waals surface area contributed by atoms with Gasteiger partial charge in [0.1, 0.15) is 6.61 Å². The highest BCUT2D eigenvalue weighted by Crippen LogP contribution is 2.46. The fraction of sp³-hybridized carbons (Fsp3) is 0.440. The van der Waals surface area contributed by atoms with Crippen LogP contribution >= 0.6 is 0 Å². The lowest BCUT2D eigenvalue weighted by atomic mass is 9.77. The van der Waals surface area contributed by atoms with Crippen molar-refractivity contribution < 1.29 is 9.53 Å². The first-order valence-corrected chi connectivity index (χ1v) is 11.4. The fourth-order valence-corrected chi connectivity index (χ4v) is 5.16. The average molecular weight is 433 g/mol. The van der Waals surface area contributed by atoms with E-state index in [9.17, 15) is 9.59 Å². The van der Waals surface area contributed by atoms with E-state index < -0.39 is 0 Å². The van der Waals surface area contributed by atoms with Crippen LogP contribution in [0.3, 0.4) is 0 Å². The number of ether oxygens (including phenoxy) is 1. The average Bonchev–Trinajstić information content (AvgIpc) is 3.29. The van der Waals surface area contributed by atoms with Crippen LogP contribution in [0.15, 0.2) is 41.5 Å². The van der Waals surface area contributed by atoms with Gasteiger partial charge in [0.05, 0.1) is 11.3 Å². The quantitative estimate of drug-likeness (QED) is 0.673. The van der Waals surface area contributed by atoms with Crippen LogP contribution in [0, 0.1) is 12.3 Å². The van der Waals surface area contributed by atoms with E-state index in [4.69, 9.17) is 4.74 Å². The highest BCUT2D eigenvalue weighted by Gasteiger charge is 2.38. The van der Waals surface area contributed by atoms with Gasteiger partial charge in [0.2, 0.25) is 0 Å². The summed E-state index contributed by atoms with van der Waals surface area (Å²) in [4.78, 5) is 39.1. The van der Waals surface area contributed by atoms with Crippen molar-refractivity contribution in [2.75, 3.05) is 13.1 Å². The molecule has 1 saturated heterocycles. The van der Waals surface area contributed by atoms with Crippen molar-refractivity contribution in [2.24, 2.45) is 5.41 Å². The maximum Gasteiger partial charge on any atom is 0.316 e. The van der Waals surface area contributed by atoms with E-state index >= 15 is 0 Å². The molecule has 7 nitrogen and oxygen atoms in total. The molecule has 2 aliphatic rings. The molecule has 0 atom stereocenters. The number of nitrogens with one attached hydrogen (secondary N) is 1. The molecule has 3 aromatic rings. The summed E-state index contributed by atoms with van der Waals surface area (Å²) in [7, 11) is 0. The number of para-hydroxylation sites is 1. The molecule has 3 heterocycles. The van der Waals surface area contributed by atoms with Gasteiger partial charge in [0, 0.05) is 41.9 Å². The summed E-state index contributed by atoms with van der Waals surface area (Å²) in [5.74, 6) is -0.0147. The molecule has 1 spiro atoms. The number of hydrogen-bond acceptors (Lipinski definition) is 5. The molecule has 7 heteroatoms. The van der Waals surface area contributed by atoms with Gasteiger partial charge in [0.25, 0.3) is 5.91 Å². The number of aromatic amines is 1. The van der Waals surface area contributed by atoms with Crippen LogP contribution in [0.25, 0.3) is 10.9 Å². The first-order chi connectivity index (χ1) is 15.5. The molecule has 32 heavy (non-hydrogen) atoms. The zero-order chi connectivity index (χ0) is 22.1. The number of carbonyl (C=O) groups excluding carboxylic acids is 1. The fourth-order valence-electron chi connectivity index (χ4n) is 5.16. The monoisotopic (exact) mass is 432 g/mol. The summed E-state index contributed by atoms with van der Waals surface area (Å²) in [5, 5.41) is 0.657. The van der Waals surface area contributed by atoms with E-state index in [1.165, 1.54) is 38.1 Å². The minimum absolute atomic E-state index is 0.0132. The first kappa shape index (κ1) is 20.7. The van der Waals surface area contributed by atoms with Crippen LogP contribution in [0.2, 0.25) is 0 Å². The Morgan fingerprint density at radius 3 is 2.50 bits per heavy atom. The van der Waals surface area contributed by atoms with E-state index in [-0.39, 0.29) is 24.0 Å². The number of aromatic nitrogens is 3. The highest BCUT2D eigenvalue weighted by molar-refractivity contribution is 5.93. The van der Waals surface area contributed by atoms with Gasteiger partial charge in [-0.25, -0.2) is 9.97 Å². The molecule has 0 radical (unpaired) electrons. The number of pyridine rings is 1. The van der Waals surface area contributed by atoms with Crippen LogP contribution in [-0.4, -0.2) is 38.8 Å². The van der Waals surface area contributed by atoms with Crippen LogP contribution in [0.4, 0.5) is 0 Å². The number of piperidine rings is 1. The normalized spacial score (nSPS) is 17.7. The summed E-state index contributed by atoms with van der Waals surface area (Å²) in [6, 6.07) is 7.58. The number of carbonyl (C=O) groups is 1. The van der Waals surface area contributed by atoms with Crippen molar-refractivity contribution >= 4 is 16.8 Å². The van der Waals surface area contributed by atoms with Gasteiger partial charge in [-0.15, -0.1) is 0 Å². The van der Waals surface area contributed by atoms with Crippen molar-refractivity contribution in [1.82, 2.24) is 19.9 Å². The van der Waals surface area contributed by atoms with Gasteiger partial charge in [0.15, 0.2) is 5.43 Å². The number of amides is 1. The molecule has 1 amide bonds. The second-order valence-electron chi connectivity index (χ2n) is 9.15. The van der Waals surface area contributed by atoms with E-state index in [2.05, 4.69) is 15.0 Å². The summed E-state index contributed by atoms with van der Waals surface area (Å²) in [5.41, 5.74) is 3.01. The number of likely N-dealkylation sites (tertiary alicyclic amines) is 1. The number of nitrogens with zero attached hydrogens (tertiary/aromatic N) is 3. The van der Waals surface area contributed by atoms with Crippen molar-refractivity contribution in [3.05, 3.63) is 63.7 Å². The standard InChI is InChI=1S/C25H28N4O3/c1-17-21(28-20-7-3-2-6-19(20)22(17)30)16-32-24-26-14-18(15-27-24)23(31)29-12-10-25(11-13-29)8-4-5-9-25/h2-3,6-7,14-15H,4-5,8-13,16H2,1H3,(H,28,30). The van der Waals surface area contributed by atoms with Crippen molar-refractivity contribution in [3.8, 4) is 6.01 Å². The van der Waals surface area contributed by atoms with Gasteiger partial charge in [-0.1, -0.05) is 25.0 Å². The van der Waals surface area contributed by atoms with Crippen LogP contribution in [0.5, 0.6) is 6.01 Å². The lowest BCUT2D eigenvalue weighted by molar-refractivity contribution is 0.0586. The lowest BCUT2D eigenvalue weighted by Crippen LogP contribution is -2.42. The number of benzene rings is 1. The van der Waals surface area contributed by atoms with E-state index in [1.54, 1.807) is 13.0 Å². The SMILES string of the molecule is Cc1c(COc2ncc(C(=O)N3CCC4(CCCC4)CC3)cn2)[nH]c2ccccc2c1=O. The molecule has 2 aromatic heterocycles. The Bertz CT molecular complexity index is 1190. The summed E-state index contributed by atoms with van der Waals surface area (Å²) >= 11 is 0. The van der Waals surface area contributed by atoms with E-state index in [1.807, 2.05) is 23.1 Å². The van der Waals surface area contributed by atoms with E-state index in [0.29, 0.717) is 27.6 Å². The molecular formula is C25H28N4O3. The Balaban J connectivity index is 1.23. The molecule has 1 aliphatic heterocycles. The van der Waals surface area contributed by atoms with Crippen LogP contribution < -0.4 is 10.2 Å². The van der Waals surface area contributed by atoms with Gasteiger partial charge in [-0.2, -0.15) is 0 Å². The van der Waals surface area contributed by atoms with Gasteiger partial charge in [-0.05, 0) is 50.2 Å². The van der Waals surface area contributed by atoms with Crippen molar-refractivity contribution in [3.63, 3.8) is 0 Å². The predicted octanol–water partition coefficient (Wildman–Crippen LogP) is 4.00. The van der Waals surface area contributed by atoms with Gasteiger partial charge < -0.3 is 14.6 Å². The van der Waals surface area contributed by atoms with Crippen LogP contribution in [0.1, 0.15) is 60.1 Å². The molecule has 5 rings (SSSR count). The first-order valence-electron chi connectivity index (χ1n) is 11.4. The largest absolute Gasteiger partial charge is 0.457 e. The summed E-state index contributed by atoms with van der Waals surface area (Å²) in [6.45, 7) is 3.55. The molecular weight excluding hydrogens is 404 g/mol. The third kappa shape index (κ3) is 3.87. The summed E-state index contributed by atoms with van der Waals surface area (Å²) < 4.78 is 5.70. The Kier molecular flexibility index (Phi) is 5.41. The second kappa shape index (κ2) is 8.37. The maximum absolute atomic E-state index is 12.9. The van der Waals surface area contributed by atoms with Gasteiger partial charge >= 0.3 is 6.01 Å². The Labute approximate surface area is 186 Å². The minimum Gasteiger partial charge on any atom is -0.457 e. The Morgan fingerprint density at radius 1 is 1.09 bits per heavy atom. The molecule has 0 bridgehead atoms. The Morgan fingerprint density at radius 2 is 1.78 bits per heavy atom. The number of hydrogen-bond donors (Lipinski definition) is 1. The minimum atomic E-state index is -0.0147. The highest BCUT2D eigenvalue weighted by atomic mass is 16.5.